The molecule has 1 N–H and O–H groups in total. The average Bonchev–Trinajstić information content (AvgIpc) is 2.63. The van der Waals surface area contributed by atoms with Crippen molar-refractivity contribution in [3.05, 3.63) is 58.6 Å². The van der Waals surface area contributed by atoms with Gasteiger partial charge in [0.25, 0.3) is 5.91 Å². The fourth-order valence-electron chi connectivity index (χ4n) is 2.69. The summed E-state index contributed by atoms with van der Waals surface area (Å²) in [7, 11) is -3.75. The molecule has 0 aliphatic rings. The molecule has 0 spiro atoms. The van der Waals surface area contributed by atoms with Gasteiger partial charge in [-0.25, -0.2) is 8.42 Å². The highest BCUT2D eigenvalue weighted by Crippen LogP contribution is 2.26. The molecule has 2 rings (SSSR count). The van der Waals surface area contributed by atoms with Crippen LogP contribution in [0.1, 0.15) is 36.7 Å². The highest BCUT2D eigenvalue weighted by atomic mass is 35.5. The maximum atomic E-state index is 12.8. The van der Waals surface area contributed by atoms with E-state index in [1.165, 1.54) is 22.5 Å². The van der Waals surface area contributed by atoms with E-state index in [-0.39, 0.29) is 21.4 Å². The van der Waals surface area contributed by atoms with Gasteiger partial charge in [-0.3, -0.25) is 4.79 Å². The first-order valence-electron chi connectivity index (χ1n) is 8.54. The number of aryl methyl sites for hydroxylation is 1. The van der Waals surface area contributed by atoms with E-state index in [1.54, 1.807) is 13.8 Å². The first-order chi connectivity index (χ1) is 12.3. The third-order valence-corrected chi connectivity index (χ3v) is 6.69. The second kappa shape index (κ2) is 8.66. The van der Waals surface area contributed by atoms with Gasteiger partial charge in [-0.15, -0.1) is 0 Å². The molecule has 0 atom stereocenters. The lowest BCUT2D eigenvalue weighted by Crippen LogP contribution is -2.31. The number of rotatable bonds is 7. The number of sulfonamides is 1. The fourth-order valence-corrected chi connectivity index (χ4v) is 4.65. The summed E-state index contributed by atoms with van der Waals surface area (Å²) in [4.78, 5) is 12.6. The van der Waals surface area contributed by atoms with Crippen LogP contribution >= 0.6 is 11.6 Å². The second-order valence-electron chi connectivity index (χ2n) is 5.70. The number of hydrogen-bond donors (Lipinski definition) is 1. The monoisotopic (exact) mass is 394 g/mol. The van der Waals surface area contributed by atoms with Gasteiger partial charge in [0.05, 0.1) is 5.02 Å². The van der Waals surface area contributed by atoms with Crippen LogP contribution in [0, 0.1) is 0 Å². The minimum absolute atomic E-state index is 0.0562. The second-order valence-corrected chi connectivity index (χ2v) is 8.01. The lowest BCUT2D eigenvalue weighted by Gasteiger charge is -2.19. The SMILES string of the molecule is CCc1ccccc1NC(=O)c1ccc(Cl)c(S(=O)(=O)N(CC)CC)c1. The average molecular weight is 395 g/mol. The molecular weight excluding hydrogens is 372 g/mol. The number of halogens is 1. The van der Waals surface area contributed by atoms with Gasteiger partial charge in [0.1, 0.15) is 4.90 Å². The van der Waals surface area contributed by atoms with Crippen molar-refractivity contribution in [2.24, 2.45) is 0 Å². The molecule has 0 heterocycles. The van der Waals surface area contributed by atoms with Gasteiger partial charge in [-0.2, -0.15) is 4.31 Å². The standard InChI is InChI=1S/C19H23ClN2O3S/c1-4-14-9-7-8-10-17(14)21-19(23)15-11-12-16(20)18(13-15)26(24,25)22(5-2)6-3/h7-13H,4-6H2,1-3H3,(H,21,23). The van der Waals surface area contributed by atoms with E-state index in [0.29, 0.717) is 18.8 Å². The quantitative estimate of drug-likeness (QED) is 0.765. The van der Waals surface area contributed by atoms with Crippen LogP contribution in [-0.2, 0) is 16.4 Å². The van der Waals surface area contributed by atoms with E-state index >= 15 is 0 Å². The van der Waals surface area contributed by atoms with Crippen LogP contribution < -0.4 is 5.32 Å². The van der Waals surface area contributed by atoms with Crippen molar-refractivity contribution in [2.45, 2.75) is 32.1 Å². The Hall–Kier alpha value is -1.89. The van der Waals surface area contributed by atoms with Crippen molar-refractivity contribution in [3.8, 4) is 0 Å². The summed E-state index contributed by atoms with van der Waals surface area (Å²) in [6, 6.07) is 11.8. The highest BCUT2D eigenvalue weighted by molar-refractivity contribution is 7.89. The molecule has 0 fully saturated rings. The molecule has 0 aliphatic carbocycles. The summed E-state index contributed by atoms with van der Waals surface area (Å²) < 4.78 is 26.8. The Bertz CT molecular complexity index is 893. The first kappa shape index (κ1) is 20.4. The Morgan fingerprint density at radius 3 is 2.35 bits per heavy atom. The molecule has 0 unspecified atom stereocenters. The number of carbonyl (C=O) groups excluding carboxylic acids is 1. The van der Waals surface area contributed by atoms with Gasteiger partial charge in [0.15, 0.2) is 0 Å². The van der Waals surface area contributed by atoms with E-state index in [0.717, 1.165) is 12.0 Å². The van der Waals surface area contributed by atoms with Gasteiger partial charge in [-0.05, 0) is 36.2 Å². The lowest BCUT2D eigenvalue weighted by molar-refractivity contribution is 0.102. The topological polar surface area (TPSA) is 66.5 Å². The van der Waals surface area contributed by atoms with Crippen LogP contribution in [0.2, 0.25) is 5.02 Å². The number of hydrogen-bond acceptors (Lipinski definition) is 3. The van der Waals surface area contributed by atoms with Gasteiger partial charge in [0.2, 0.25) is 10.0 Å². The van der Waals surface area contributed by atoms with E-state index < -0.39 is 10.0 Å². The summed E-state index contributed by atoms with van der Waals surface area (Å²) in [5.41, 5.74) is 1.96. The van der Waals surface area contributed by atoms with Gasteiger partial charge >= 0.3 is 0 Å². The van der Waals surface area contributed by atoms with Crippen molar-refractivity contribution < 1.29 is 13.2 Å². The molecule has 0 bridgehead atoms. The highest BCUT2D eigenvalue weighted by Gasteiger charge is 2.25. The van der Waals surface area contributed by atoms with Gasteiger partial charge in [0, 0.05) is 24.3 Å². The number of para-hydroxylation sites is 1. The molecule has 1 amide bonds. The maximum Gasteiger partial charge on any atom is 0.255 e. The molecule has 2 aromatic rings. The van der Waals surface area contributed by atoms with Crippen molar-refractivity contribution >= 4 is 33.2 Å². The molecule has 26 heavy (non-hydrogen) atoms. The molecule has 0 aliphatic heterocycles. The lowest BCUT2D eigenvalue weighted by atomic mass is 10.1. The van der Waals surface area contributed by atoms with Crippen molar-refractivity contribution in [1.29, 1.82) is 0 Å². The summed E-state index contributed by atoms with van der Waals surface area (Å²) in [6.07, 6.45) is 0.776. The van der Waals surface area contributed by atoms with E-state index in [9.17, 15) is 13.2 Å². The van der Waals surface area contributed by atoms with Crippen LogP contribution in [0.4, 0.5) is 5.69 Å². The Morgan fingerprint density at radius 2 is 1.73 bits per heavy atom. The molecular formula is C19H23ClN2O3S. The zero-order valence-corrected chi connectivity index (χ0v) is 16.7. The summed E-state index contributed by atoms with van der Waals surface area (Å²) >= 11 is 6.11. The number of benzene rings is 2. The van der Waals surface area contributed by atoms with Crippen LogP contribution in [0.3, 0.4) is 0 Å². The number of carbonyl (C=O) groups is 1. The molecule has 5 nitrogen and oxygen atoms in total. The third-order valence-electron chi connectivity index (χ3n) is 4.16. The minimum Gasteiger partial charge on any atom is -0.322 e. The molecule has 0 radical (unpaired) electrons. The normalized spacial score (nSPS) is 11.6. The first-order valence-corrected chi connectivity index (χ1v) is 10.4. The predicted molar refractivity (Wildman–Crippen MR) is 105 cm³/mol. The Kier molecular flexibility index (Phi) is 6.81. The molecule has 0 saturated heterocycles. The van der Waals surface area contributed by atoms with E-state index in [2.05, 4.69) is 5.32 Å². The Morgan fingerprint density at radius 1 is 1.08 bits per heavy atom. The van der Waals surface area contributed by atoms with Crippen LogP contribution in [-0.4, -0.2) is 31.7 Å². The predicted octanol–water partition coefficient (Wildman–Crippen LogP) is 4.19. The zero-order chi connectivity index (χ0) is 19.3. The summed E-state index contributed by atoms with van der Waals surface area (Å²) in [5.74, 6) is -0.376. The maximum absolute atomic E-state index is 12.8. The fraction of sp³-hybridized carbons (Fsp3) is 0.316. The van der Waals surface area contributed by atoms with Gasteiger partial charge < -0.3 is 5.32 Å². The molecule has 0 aromatic heterocycles. The summed E-state index contributed by atoms with van der Waals surface area (Å²) in [6.45, 7) is 6.17. The van der Waals surface area contributed by atoms with Crippen molar-refractivity contribution in [2.75, 3.05) is 18.4 Å². The number of anilines is 1. The van der Waals surface area contributed by atoms with Crippen LogP contribution in [0.25, 0.3) is 0 Å². The largest absolute Gasteiger partial charge is 0.322 e. The van der Waals surface area contributed by atoms with Crippen LogP contribution in [0.5, 0.6) is 0 Å². The number of amides is 1. The van der Waals surface area contributed by atoms with Crippen LogP contribution in [0.15, 0.2) is 47.4 Å². The Labute approximate surface area is 160 Å². The third kappa shape index (κ3) is 4.26. The zero-order valence-electron chi connectivity index (χ0n) is 15.1. The summed E-state index contributed by atoms with van der Waals surface area (Å²) in [5, 5.41) is 2.94. The van der Waals surface area contributed by atoms with E-state index in [1.807, 2.05) is 31.2 Å². The molecule has 0 saturated carbocycles. The number of nitrogens with one attached hydrogen (secondary N) is 1. The van der Waals surface area contributed by atoms with Crippen molar-refractivity contribution in [1.82, 2.24) is 4.31 Å². The number of nitrogens with zero attached hydrogens (tertiary/aromatic N) is 1. The van der Waals surface area contributed by atoms with Gasteiger partial charge in [-0.1, -0.05) is 50.6 Å². The van der Waals surface area contributed by atoms with E-state index in [4.69, 9.17) is 11.6 Å². The molecule has 2 aromatic carbocycles. The smallest absolute Gasteiger partial charge is 0.255 e. The minimum atomic E-state index is -3.75. The molecule has 7 heteroatoms. The van der Waals surface area contributed by atoms with Crippen molar-refractivity contribution in [3.63, 3.8) is 0 Å². The Balaban J connectivity index is 2.39. The molecule has 140 valence electrons.